The Hall–Kier alpha value is -4.75. The van der Waals surface area contributed by atoms with Crippen molar-refractivity contribution in [1.29, 1.82) is 0 Å². The average Bonchev–Trinajstić information content (AvgIpc) is 3.30. The van der Waals surface area contributed by atoms with Gasteiger partial charge in [-0.1, -0.05) is 142 Å². The summed E-state index contributed by atoms with van der Waals surface area (Å²) in [4.78, 5) is 4.85. The molecule has 0 aliphatic heterocycles. The molecule has 1 aliphatic carbocycles. The minimum absolute atomic E-state index is 0.0961. The van der Waals surface area contributed by atoms with Crippen LogP contribution in [0.15, 0.2) is 145 Å². The lowest BCUT2D eigenvalue weighted by Gasteiger charge is -2.20. The number of fused-ring (bicyclic) bond motifs is 3. The Morgan fingerprint density at radius 1 is 0.786 bits per heavy atom. The first-order valence-electron chi connectivity index (χ1n) is 14.7. The first-order chi connectivity index (χ1) is 20.4. The summed E-state index contributed by atoms with van der Waals surface area (Å²) >= 11 is 0. The van der Waals surface area contributed by atoms with Gasteiger partial charge in [0.2, 0.25) is 0 Å². The van der Waals surface area contributed by atoms with Gasteiger partial charge >= 0.3 is 0 Å². The van der Waals surface area contributed by atoms with E-state index in [1.807, 2.05) is 12.1 Å². The number of hydrogen-bond donors (Lipinski definition) is 0. The van der Waals surface area contributed by atoms with Crippen LogP contribution in [-0.4, -0.2) is 5.71 Å². The predicted octanol–water partition coefficient (Wildman–Crippen LogP) is 10.9. The number of allylic oxidation sites excluding steroid dienone is 5. The molecule has 0 unspecified atom stereocenters. The molecule has 0 spiro atoms. The molecule has 42 heavy (non-hydrogen) atoms. The van der Waals surface area contributed by atoms with Crippen molar-refractivity contribution >= 4 is 27.6 Å². The molecule has 0 saturated heterocycles. The molecule has 1 heteroatoms. The standard InChI is InChI=1S/C41H37N/c1-5-31(21-22-37-27-41(3,4)40-38-20-10-9-16-33(38)23-24-39(37)40)35-18-12-19-36(26-35)34-17-11-13-30(25-34)28-42-29(2)32-14-7-6-8-15-32/h5-26H,1,27-28H2,2-4H3/b31-21+,37-22+,42-29?. The molecule has 0 saturated carbocycles. The topological polar surface area (TPSA) is 12.4 Å². The van der Waals surface area contributed by atoms with Crippen LogP contribution in [-0.2, 0) is 12.0 Å². The van der Waals surface area contributed by atoms with Gasteiger partial charge in [0.15, 0.2) is 0 Å². The van der Waals surface area contributed by atoms with E-state index in [1.54, 1.807) is 0 Å². The molecule has 0 heterocycles. The van der Waals surface area contributed by atoms with E-state index >= 15 is 0 Å². The lowest BCUT2D eigenvalue weighted by molar-refractivity contribution is 0.568. The van der Waals surface area contributed by atoms with Crippen LogP contribution < -0.4 is 0 Å². The van der Waals surface area contributed by atoms with Crippen LogP contribution in [0, 0.1) is 0 Å². The molecule has 0 aromatic heterocycles. The third-order valence-corrected chi connectivity index (χ3v) is 8.41. The highest BCUT2D eigenvalue weighted by molar-refractivity contribution is 5.98. The number of aliphatic imine (C=N–C) groups is 1. The smallest absolute Gasteiger partial charge is 0.0643 e. The van der Waals surface area contributed by atoms with Gasteiger partial charge in [-0.05, 0) is 91.8 Å². The molecule has 0 bridgehead atoms. The molecule has 0 N–H and O–H groups in total. The second-order valence-electron chi connectivity index (χ2n) is 11.8. The molecule has 0 fully saturated rings. The van der Waals surface area contributed by atoms with Gasteiger partial charge in [0, 0.05) is 5.71 Å². The molecule has 0 amide bonds. The second-order valence-corrected chi connectivity index (χ2v) is 11.8. The Morgan fingerprint density at radius 3 is 2.31 bits per heavy atom. The Bertz CT molecular complexity index is 1860. The molecule has 5 aromatic rings. The number of rotatable bonds is 7. The highest BCUT2D eigenvalue weighted by Gasteiger charge is 2.34. The van der Waals surface area contributed by atoms with Gasteiger partial charge in [-0.25, -0.2) is 0 Å². The van der Waals surface area contributed by atoms with E-state index < -0.39 is 0 Å². The van der Waals surface area contributed by atoms with E-state index in [0.717, 1.165) is 23.3 Å². The quantitative estimate of drug-likeness (QED) is 0.143. The lowest BCUT2D eigenvalue weighted by Crippen LogP contribution is -2.12. The molecular weight excluding hydrogens is 506 g/mol. The van der Waals surface area contributed by atoms with E-state index in [1.165, 1.54) is 49.7 Å². The molecule has 1 aliphatic rings. The first kappa shape index (κ1) is 27.4. The number of nitrogens with zero attached hydrogens (tertiary/aromatic N) is 1. The summed E-state index contributed by atoms with van der Waals surface area (Å²) in [6.07, 6.45) is 7.53. The summed E-state index contributed by atoms with van der Waals surface area (Å²) in [7, 11) is 0. The van der Waals surface area contributed by atoms with Crippen LogP contribution in [0.25, 0.3) is 33.0 Å². The maximum Gasteiger partial charge on any atom is 0.0643 e. The van der Waals surface area contributed by atoms with Gasteiger partial charge in [0.25, 0.3) is 0 Å². The van der Waals surface area contributed by atoms with Crippen molar-refractivity contribution in [3.8, 4) is 11.1 Å². The van der Waals surface area contributed by atoms with Crippen molar-refractivity contribution < 1.29 is 0 Å². The minimum Gasteiger partial charge on any atom is -0.285 e. The van der Waals surface area contributed by atoms with Gasteiger partial charge in [-0.15, -0.1) is 0 Å². The largest absolute Gasteiger partial charge is 0.285 e. The van der Waals surface area contributed by atoms with Gasteiger partial charge in [0.1, 0.15) is 0 Å². The number of benzene rings is 5. The van der Waals surface area contributed by atoms with E-state index in [0.29, 0.717) is 6.54 Å². The van der Waals surface area contributed by atoms with Crippen molar-refractivity contribution in [2.75, 3.05) is 0 Å². The van der Waals surface area contributed by atoms with Gasteiger partial charge < -0.3 is 0 Å². The third-order valence-electron chi connectivity index (χ3n) is 8.41. The van der Waals surface area contributed by atoms with Crippen LogP contribution in [0.5, 0.6) is 0 Å². The van der Waals surface area contributed by atoms with Gasteiger partial charge in [0.05, 0.1) is 6.54 Å². The van der Waals surface area contributed by atoms with E-state index in [9.17, 15) is 0 Å². The fraction of sp³-hybridized carbons (Fsp3) is 0.146. The monoisotopic (exact) mass is 543 g/mol. The summed E-state index contributed by atoms with van der Waals surface area (Å²) in [5.74, 6) is 0. The Labute approximate surface area is 250 Å². The fourth-order valence-corrected chi connectivity index (χ4v) is 6.26. The van der Waals surface area contributed by atoms with Crippen molar-refractivity contribution in [3.63, 3.8) is 0 Å². The van der Waals surface area contributed by atoms with Crippen LogP contribution in [0.1, 0.15) is 55.0 Å². The SMILES string of the molecule is C=C/C(=C\C=C1/CC(C)(C)c2c1ccc1ccccc21)c1cccc(-c2cccc(CN=C(C)c3ccccc3)c2)c1. The van der Waals surface area contributed by atoms with Crippen molar-refractivity contribution in [2.45, 2.75) is 39.2 Å². The molecule has 0 radical (unpaired) electrons. The second kappa shape index (κ2) is 11.6. The molecule has 1 nitrogen and oxygen atoms in total. The van der Waals surface area contributed by atoms with Gasteiger partial charge in [-0.2, -0.15) is 0 Å². The zero-order valence-electron chi connectivity index (χ0n) is 24.8. The summed E-state index contributed by atoms with van der Waals surface area (Å²) in [6, 6.07) is 41.1. The maximum atomic E-state index is 4.85. The fourth-order valence-electron chi connectivity index (χ4n) is 6.26. The zero-order valence-corrected chi connectivity index (χ0v) is 24.8. The summed E-state index contributed by atoms with van der Waals surface area (Å²) in [5, 5.41) is 2.68. The highest BCUT2D eigenvalue weighted by Crippen LogP contribution is 2.48. The van der Waals surface area contributed by atoms with Crippen LogP contribution in [0.3, 0.4) is 0 Å². The Morgan fingerprint density at radius 2 is 1.50 bits per heavy atom. The average molecular weight is 544 g/mol. The van der Waals surface area contributed by atoms with Gasteiger partial charge in [-0.3, -0.25) is 4.99 Å². The molecule has 6 rings (SSSR count). The summed E-state index contributed by atoms with van der Waals surface area (Å²) in [5.41, 5.74) is 12.4. The summed E-state index contributed by atoms with van der Waals surface area (Å²) in [6.45, 7) is 11.6. The molecular formula is C41H37N. The third kappa shape index (κ3) is 5.56. The van der Waals surface area contributed by atoms with Crippen LogP contribution >= 0.6 is 0 Å². The van der Waals surface area contributed by atoms with E-state index in [4.69, 9.17) is 4.99 Å². The van der Waals surface area contributed by atoms with Crippen molar-refractivity contribution in [2.24, 2.45) is 4.99 Å². The molecule has 0 atom stereocenters. The van der Waals surface area contributed by atoms with Crippen LogP contribution in [0.2, 0.25) is 0 Å². The Balaban J connectivity index is 1.28. The lowest BCUT2D eigenvalue weighted by atomic mass is 9.83. The zero-order chi connectivity index (χ0) is 29.1. The first-order valence-corrected chi connectivity index (χ1v) is 14.7. The van der Waals surface area contributed by atoms with Crippen molar-refractivity contribution in [1.82, 2.24) is 0 Å². The molecule has 5 aromatic carbocycles. The van der Waals surface area contributed by atoms with E-state index in [-0.39, 0.29) is 5.41 Å². The van der Waals surface area contributed by atoms with E-state index in [2.05, 4.69) is 149 Å². The highest BCUT2D eigenvalue weighted by atomic mass is 14.7. The van der Waals surface area contributed by atoms with Crippen molar-refractivity contribution in [3.05, 3.63) is 168 Å². The number of hydrogen-bond acceptors (Lipinski definition) is 1. The summed E-state index contributed by atoms with van der Waals surface area (Å²) < 4.78 is 0. The maximum absolute atomic E-state index is 4.85. The van der Waals surface area contributed by atoms with Crippen LogP contribution in [0.4, 0.5) is 0 Å². The normalized spacial score (nSPS) is 15.6. The Kier molecular flexibility index (Phi) is 7.59. The molecule has 206 valence electrons. The minimum atomic E-state index is 0.0961. The predicted molar refractivity (Wildman–Crippen MR) is 182 cm³/mol.